The summed E-state index contributed by atoms with van der Waals surface area (Å²) in [6, 6.07) is 11.1. The highest BCUT2D eigenvalue weighted by Crippen LogP contribution is 2.24. The molecule has 0 atom stereocenters. The van der Waals surface area contributed by atoms with Gasteiger partial charge in [0.05, 0.1) is 37.3 Å². The molecule has 2 aromatic carbocycles. The number of benzene rings is 2. The Balaban J connectivity index is 1.75. The third-order valence-electron chi connectivity index (χ3n) is 5.76. The first-order chi connectivity index (χ1) is 17.4. The zero-order valence-corrected chi connectivity index (χ0v) is 22.3. The smallest absolute Gasteiger partial charge is 0.311 e. The van der Waals surface area contributed by atoms with Gasteiger partial charge >= 0.3 is 11.9 Å². The van der Waals surface area contributed by atoms with Gasteiger partial charge < -0.3 is 29.2 Å². The van der Waals surface area contributed by atoms with E-state index in [1.807, 2.05) is 27.7 Å². The maximum absolute atomic E-state index is 12.2. The molecule has 0 bridgehead atoms. The first kappa shape index (κ1) is 29.9. The minimum absolute atomic E-state index is 0.0642. The van der Waals surface area contributed by atoms with Crippen LogP contribution >= 0.6 is 0 Å². The molecule has 0 aliphatic heterocycles. The van der Waals surface area contributed by atoms with Gasteiger partial charge in [0, 0.05) is 19.6 Å². The van der Waals surface area contributed by atoms with Crippen molar-refractivity contribution >= 4 is 24.1 Å². The molecule has 0 amide bonds. The topological polar surface area (TPSA) is 112 Å². The van der Waals surface area contributed by atoms with Gasteiger partial charge in [0.1, 0.15) is 17.2 Å². The van der Waals surface area contributed by atoms with Crippen LogP contribution in [0, 0.1) is 0 Å². The van der Waals surface area contributed by atoms with Gasteiger partial charge in [-0.25, -0.2) is 0 Å². The van der Waals surface area contributed by atoms with Crippen molar-refractivity contribution in [3.05, 3.63) is 53.6 Å². The highest BCUT2D eigenvalue weighted by molar-refractivity contribution is 5.79. The summed E-state index contributed by atoms with van der Waals surface area (Å²) < 4.78 is 21.8. The Hall–Kier alpha value is -3.36. The molecule has 37 heavy (non-hydrogen) atoms. The van der Waals surface area contributed by atoms with Crippen molar-refractivity contribution < 1.29 is 38.7 Å². The molecule has 0 spiro atoms. The molecule has 8 heteroatoms. The van der Waals surface area contributed by atoms with Crippen molar-refractivity contribution in [2.24, 2.45) is 0 Å². The lowest BCUT2D eigenvalue weighted by atomic mass is 10.0. The lowest BCUT2D eigenvalue weighted by molar-refractivity contribution is -0.148. The number of ether oxygens (including phenoxy) is 4. The van der Waals surface area contributed by atoms with Crippen molar-refractivity contribution in [1.29, 1.82) is 0 Å². The maximum atomic E-state index is 12.2. The lowest BCUT2D eigenvalue weighted by Gasteiger charge is -2.28. The Morgan fingerprint density at radius 2 is 1.41 bits per heavy atom. The van der Waals surface area contributed by atoms with Gasteiger partial charge in [0.15, 0.2) is 0 Å². The molecule has 0 unspecified atom stereocenters. The number of hydrogen-bond donors (Lipinski definition) is 2. The molecular formula is C29H38O8. The molecule has 0 aromatic heterocycles. The van der Waals surface area contributed by atoms with Gasteiger partial charge in [0.25, 0.3) is 0 Å². The molecule has 2 N–H and O–H groups in total. The van der Waals surface area contributed by atoms with E-state index in [0.29, 0.717) is 18.6 Å². The lowest BCUT2D eigenvalue weighted by Crippen LogP contribution is -2.31. The molecule has 8 nitrogen and oxygen atoms in total. The summed E-state index contributed by atoms with van der Waals surface area (Å²) in [6.45, 7) is 8.55. The first-order valence-corrected chi connectivity index (χ1v) is 12.2. The highest BCUT2D eigenvalue weighted by atomic mass is 16.5. The van der Waals surface area contributed by atoms with Gasteiger partial charge in [-0.1, -0.05) is 24.3 Å². The van der Waals surface area contributed by atoms with E-state index >= 15 is 0 Å². The number of methoxy groups -OCH3 is 1. The van der Waals surface area contributed by atoms with Crippen LogP contribution in [0.3, 0.4) is 0 Å². The molecule has 0 fully saturated rings. The van der Waals surface area contributed by atoms with Gasteiger partial charge in [-0.2, -0.15) is 0 Å². The van der Waals surface area contributed by atoms with E-state index in [1.54, 1.807) is 49.6 Å². The minimum atomic E-state index is -0.611. The molecule has 0 aliphatic rings. The summed E-state index contributed by atoms with van der Waals surface area (Å²) in [5.74, 6) is -0.838. The molecular weight excluding hydrogens is 476 g/mol. The Bertz CT molecular complexity index is 1050. The van der Waals surface area contributed by atoms with Crippen LogP contribution in [-0.4, -0.2) is 53.7 Å². The van der Waals surface area contributed by atoms with Crippen molar-refractivity contribution in [2.45, 2.75) is 64.6 Å². The van der Waals surface area contributed by atoms with Gasteiger partial charge in [-0.15, -0.1) is 0 Å². The summed E-state index contributed by atoms with van der Waals surface area (Å²) in [5.41, 5.74) is 0.739. The number of phenolic OH excluding ortho intramolecular Hbond substituents is 2. The van der Waals surface area contributed by atoms with Crippen LogP contribution in [0.1, 0.15) is 64.5 Å². The fourth-order valence-corrected chi connectivity index (χ4v) is 3.16. The SMILES string of the molecule is COC(C)(C)CCOC(C)(C)CCOC(=O)CCC(=O)Oc1cc(O)cc(/C=C/c2ccc(O)cc2)c1. The van der Waals surface area contributed by atoms with Gasteiger partial charge in [0.2, 0.25) is 0 Å². The minimum Gasteiger partial charge on any atom is -0.508 e. The molecule has 2 rings (SSSR count). The summed E-state index contributed by atoms with van der Waals surface area (Å²) >= 11 is 0. The number of rotatable bonds is 14. The van der Waals surface area contributed by atoms with Crippen LogP contribution in [0.4, 0.5) is 0 Å². The van der Waals surface area contributed by atoms with Crippen LogP contribution in [-0.2, 0) is 23.8 Å². The quantitative estimate of drug-likeness (QED) is 0.193. The van der Waals surface area contributed by atoms with Crippen molar-refractivity contribution in [2.75, 3.05) is 20.3 Å². The van der Waals surface area contributed by atoms with Gasteiger partial charge in [-0.3, -0.25) is 9.59 Å². The van der Waals surface area contributed by atoms with E-state index in [1.165, 1.54) is 12.1 Å². The van der Waals surface area contributed by atoms with Crippen LogP contribution in [0.15, 0.2) is 42.5 Å². The second-order valence-electron chi connectivity index (χ2n) is 9.95. The zero-order chi connectivity index (χ0) is 27.5. The van der Waals surface area contributed by atoms with E-state index in [2.05, 4.69) is 0 Å². The van der Waals surface area contributed by atoms with E-state index in [4.69, 9.17) is 18.9 Å². The molecule has 0 radical (unpaired) electrons. The maximum Gasteiger partial charge on any atom is 0.311 e. The fourth-order valence-electron chi connectivity index (χ4n) is 3.16. The molecule has 0 aliphatic carbocycles. The monoisotopic (exact) mass is 514 g/mol. The van der Waals surface area contributed by atoms with Crippen LogP contribution in [0.2, 0.25) is 0 Å². The van der Waals surface area contributed by atoms with E-state index < -0.39 is 17.5 Å². The first-order valence-electron chi connectivity index (χ1n) is 12.2. The summed E-state index contributed by atoms with van der Waals surface area (Å²) in [6.07, 6.45) is 4.52. The normalized spacial score (nSPS) is 12.0. The molecule has 0 saturated heterocycles. The number of phenols is 2. The molecule has 202 valence electrons. The van der Waals surface area contributed by atoms with Crippen molar-refractivity contribution in [1.82, 2.24) is 0 Å². The number of carbonyl (C=O) groups excluding carboxylic acids is 2. The predicted octanol–water partition coefficient (Wildman–Crippen LogP) is 5.50. The number of carbonyl (C=O) groups is 2. The average molecular weight is 515 g/mol. The largest absolute Gasteiger partial charge is 0.508 e. The fraction of sp³-hybridized carbons (Fsp3) is 0.448. The van der Waals surface area contributed by atoms with E-state index in [9.17, 15) is 19.8 Å². The van der Waals surface area contributed by atoms with E-state index in [0.717, 1.165) is 12.0 Å². The Labute approximate surface area is 218 Å². The Morgan fingerprint density at radius 1 is 0.784 bits per heavy atom. The second-order valence-corrected chi connectivity index (χ2v) is 9.95. The van der Waals surface area contributed by atoms with Crippen molar-refractivity contribution in [3.63, 3.8) is 0 Å². The van der Waals surface area contributed by atoms with E-state index in [-0.39, 0.29) is 42.3 Å². The second kappa shape index (κ2) is 13.8. The Kier molecular flexibility index (Phi) is 11.1. The number of hydrogen-bond acceptors (Lipinski definition) is 8. The molecule has 0 saturated carbocycles. The number of esters is 2. The molecule has 0 heterocycles. The summed E-state index contributed by atoms with van der Waals surface area (Å²) in [4.78, 5) is 24.3. The predicted molar refractivity (Wildman–Crippen MR) is 141 cm³/mol. The zero-order valence-electron chi connectivity index (χ0n) is 22.3. The average Bonchev–Trinajstić information content (AvgIpc) is 2.81. The van der Waals surface area contributed by atoms with Crippen LogP contribution < -0.4 is 4.74 Å². The summed E-state index contributed by atoms with van der Waals surface area (Å²) in [5, 5.41) is 19.3. The number of aromatic hydroxyl groups is 2. The van der Waals surface area contributed by atoms with Crippen molar-refractivity contribution in [3.8, 4) is 17.2 Å². The standard InChI is InChI=1S/C29H38O8/c1-28(2,34-5)15-17-36-29(3,4)14-16-35-26(32)12-13-27(33)37-25-19-22(18-24(31)20-25)7-6-21-8-10-23(30)11-9-21/h6-11,18-20,30-31H,12-17H2,1-5H3/b7-6+. The van der Waals surface area contributed by atoms with Crippen LogP contribution in [0.25, 0.3) is 12.2 Å². The molecule has 2 aromatic rings. The van der Waals surface area contributed by atoms with Gasteiger partial charge in [-0.05, 0) is 69.5 Å². The third-order valence-corrected chi connectivity index (χ3v) is 5.76. The highest BCUT2D eigenvalue weighted by Gasteiger charge is 2.22. The summed E-state index contributed by atoms with van der Waals surface area (Å²) in [7, 11) is 1.67. The Morgan fingerprint density at radius 3 is 2.08 bits per heavy atom. The third kappa shape index (κ3) is 11.9. The van der Waals surface area contributed by atoms with Crippen LogP contribution in [0.5, 0.6) is 17.2 Å².